The van der Waals surface area contributed by atoms with Crippen LogP contribution in [-0.4, -0.2) is 42.9 Å². The first-order valence-electron chi connectivity index (χ1n) is 8.10. The summed E-state index contributed by atoms with van der Waals surface area (Å²) in [4.78, 5) is 19.8. The molecule has 4 nitrogen and oxygen atoms in total. The van der Waals surface area contributed by atoms with Crippen LogP contribution in [0.3, 0.4) is 0 Å². The van der Waals surface area contributed by atoms with Crippen LogP contribution in [0.25, 0.3) is 0 Å². The van der Waals surface area contributed by atoms with E-state index in [1.807, 2.05) is 29.6 Å². The predicted octanol–water partition coefficient (Wildman–Crippen LogP) is 3.91. The Hall–Kier alpha value is -1.72. The van der Waals surface area contributed by atoms with E-state index in [-0.39, 0.29) is 5.78 Å². The highest BCUT2D eigenvalue weighted by atomic mass is 32.1. The van der Waals surface area contributed by atoms with E-state index in [2.05, 4.69) is 29.3 Å². The van der Waals surface area contributed by atoms with Gasteiger partial charge in [-0.05, 0) is 57.1 Å². The maximum absolute atomic E-state index is 12.5. The highest BCUT2D eigenvalue weighted by Crippen LogP contribution is 2.20. The van der Waals surface area contributed by atoms with E-state index < -0.39 is 0 Å². The van der Waals surface area contributed by atoms with E-state index in [0.29, 0.717) is 11.4 Å². The molecule has 0 saturated heterocycles. The van der Waals surface area contributed by atoms with Crippen molar-refractivity contribution in [3.05, 3.63) is 46.3 Å². The van der Waals surface area contributed by atoms with E-state index in [1.54, 1.807) is 6.20 Å². The van der Waals surface area contributed by atoms with Crippen LogP contribution >= 0.6 is 11.3 Å². The number of aromatic nitrogens is 1. The van der Waals surface area contributed by atoms with Gasteiger partial charge in [-0.15, -0.1) is 11.3 Å². The maximum atomic E-state index is 12.5. The molecule has 2 rings (SSSR count). The van der Waals surface area contributed by atoms with Gasteiger partial charge in [-0.25, -0.2) is 4.98 Å². The molecule has 1 N–H and O–H groups in total. The number of rotatable bonds is 10. The number of nitrogens with one attached hydrogen (secondary N) is 1. The van der Waals surface area contributed by atoms with E-state index in [9.17, 15) is 4.79 Å². The number of unbranched alkanes of at least 4 members (excludes halogenated alkanes) is 3. The van der Waals surface area contributed by atoms with Gasteiger partial charge in [0.15, 0.2) is 0 Å². The molecule has 0 aliphatic heterocycles. The van der Waals surface area contributed by atoms with Crippen molar-refractivity contribution < 1.29 is 4.79 Å². The summed E-state index contributed by atoms with van der Waals surface area (Å²) in [6.45, 7) is 2.00. The predicted molar refractivity (Wildman–Crippen MR) is 97.5 cm³/mol. The highest BCUT2D eigenvalue weighted by molar-refractivity contribution is 7.12. The van der Waals surface area contributed by atoms with Crippen molar-refractivity contribution in [2.45, 2.75) is 25.7 Å². The van der Waals surface area contributed by atoms with Crippen molar-refractivity contribution >= 4 is 22.9 Å². The Bertz CT molecular complexity index is 596. The van der Waals surface area contributed by atoms with Gasteiger partial charge in [0.05, 0.1) is 10.4 Å². The molecule has 23 heavy (non-hydrogen) atoms. The summed E-state index contributed by atoms with van der Waals surface area (Å²) in [6, 6.07) is 7.41. The van der Waals surface area contributed by atoms with Crippen LogP contribution in [0.2, 0.25) is 0 Å². The van der Waals surface area contributed by atoms with Gasteiger partial charge < -0.3 is 10.2 Å². The second-order valence-corrected chi connectivity index (χ2v) is 6.80. The smallest absolute Gasteiger partial charge is 0.206 e. The molecule has 2 aromatic heterocycles. The highest BCUT2D eigenvalue weighted by Gasteiger charge is 2.14. The average molecular weight is 331 g/mol. The van der Waals surface area contributed by atoms with Gasteiger partial charge >= 0.3 is 0 Å². The zero-order chi connectivity index (χ0) is 16.5. The minimum atomic E-state index is 0.0431. The molecule has 0 aromatic carbocycles. The standard InChI is InChI=1S/C18H25N3OS/c1-21(2)13-6-4-3-5-11-19-18-15(9-7-12-20-18)17(22)16-10-8-14-23-16/h7-10,12,14H,3-6,11,13H2,1-2H3,(H,19,20). The number of hydrogen-bond donors (Lipinski definition) is 1. The van der Waals surface area contributed by atoms with Gasteiger partial charge in [0.2, 0.25) is 5.78 Å². The summed E-state index contributed by atoms with van der Waals surface area (Å²) in [5.41, 5.74) is 0.655. The van der Waals surface area contributed by atoms with Crippen LogP contribution in [0.4, 0.5) is 5.82 Å². The first-order chi connectivity index (χ1) is 11.2. The third-order valence-electron chi connectivity index (χ3n) is 3.62. The first-order valence-corrected chi connectivity index (χ1v) is 8.98. The molecular weight excluding hydrogens is 306 g/mol. The Kier molecular flexibility index (Phi) is 7.23. The van der Waals surface area contributed by atoms with Gasteiger partial charge in [-0.1, -0.05) is 18.9 Å². The molecule has 0 unspecified atom stereocenters. The van der Waals surface area contributed by atoms with Crippen LogP contribution in [0, 0.1) is 0 Å². The fourth-order valence-electron chi connectivity index (χ4n) is 2.38. The number of nitrogens with zero attached hydrogens (tertiary/aromatic N) is 2. The minimum Gasteiger partial charge on any atom is -0.369 e. The van der Waals surface area contributed by atoms with Crippen LogP contribution < -0.4 is 5.32 Å². The number of anilines is 1. The molecule has 0 aliphatic rings. The Labute approximate surface area is 142 Å². The van der Waals surface area contributed by atoms with Crippen LogP contribution in [0.15, 0.2) is 35.8 Å². The molecule has 0 spiro atoms. The topological polar surface area (TPSA) is 45.2 Å². The van der Waals surface area contributed by atoms with Crippen LogP contribution in [0.5, 0.6) is 0 Å². The second kappa shape index (κ2) is 9.43. The molecule has 0 atom stereocenters. The van der Waals surface area contributed by atoms with E-state index in [1.165, 1.54) is 30.6 Å². The van der Waals surface area contributed by atoms with E-state index >= 15 is 0 Å². The van der Waals surface area contributed by atoms with Gasteiger partial charge in [0.25, 0.3) is 0 Å². The van der Waals surface area contributed by atoms with Crippen LogP contribution in [-0.2, 0) is 0 Å². The Morgan fingerprint density at radius 3 is 2.74 bits per heavy atom. The SMILES string of the molecule is CN(C)CCCCCCNc1ncccc1C(=O)c1cccs1. The van der Waals surface area contributed by atoms with Crippen molar-refractivity contribution in [2.75, 3.05) is 32.5 Å². The molecule has 0 fully saturated rings. The number of ketones is 1. The molecule has 5 heteroatoms. The number of carbonyl (C=O) groups is 1. The number of carbonyl (C=O) groups excluding carboxylic acids is 1. The summed E-state index contributed by atoms with van der Waals surface area (Å²) in [7, 11) is 4.21. The van der Waals surface area contributed by atoms with Gasteiger partial charge in [0.1, 0.15) is 5.82 Å². The fourth-order valence-corrected chi connectivity index (χ4v) is 3.06. The maximum Gasteiger partial charge on any atom is 0.206 e. The van der Waals surface area contributed by atoms with Gasteiger partial charge in [-0.2, -0.15) is 0 Å². The lowest BCUT2D eigenvalue weighted by Crippen LogP contribution is -2.13. The molecule has 0 bridgehead atoms. The molecule has 0 radical (unpaired) electrons. The molecular formula is C18H25N3OS. The summed E-state index contributed by atoms with van der Waals surface area (Å²) in [5, 5.41) is 5.24. The lowest BCUT2D eigenvalue weighted by molar-refractivity contribution is 0.104. The zero-order valence-corrected chi connectivity index (χ0v) is 14.7. The Morgan fingerprint density at radius 2 is 2.00 bits per heavy atom. The Morgan fingerprint density at radius 1 is 1.17 bits per heavy atom. The van der Waals surface area contributed by atoms with Crippen molar-refractivity contribution in [3.63, 3.8) is 0 Å². The second-order valence-electron chi connectivity index (χ2n) is 5.85. The summed E-state index contributed by atoms with van der Waals surface area (Å²) >= 11 is 1.47. The molecule has 2 heterocycles. The lowest BCUT2D eigenvalue weighted by atomic mass is 10.1. The minimum absolute atomic E-state index is 0.0431. The third kappa shape index (κ3) is 5.77. The average Bonchev–Trinajstić information content (AvgIpc) is 3.08. The fraction of sp³-hybridized carbons (Fsp3) is 0.444. The van der Waals surface area contributed by atoms with Crippen molar-refractivity contribution in [1.82, 2.24) is 9.88 Å². The largest absolute Gasteiger partial charge is 0.369 e. The van der Waals surface area contributed by atoms with Crippen LogP contribution in [0.1, 0.15) is 40.9 Å². The quantitative estimate of drug-likeness (QED) is 0.530. The molecule has 124 valence electrons. The number of hydrogen-bond acceptors (Lipinski definition) is 5. The molecule has 2 aromatic rings. The van der Waals surface area contributed by atoms with Gasteiger partial charge in [0, 0.05) is 12.7 Å². The molecule has 0 aliphatic carbocycles. The third-order valence-corrected chi connectivity index (χ3v) is 4.49. The summed E-state index contributed by atoms with van der Waals surface area (Å²) < 4.78 is 0. The van der Waals surface area contributed by atoms with Gasteiger partial charge in [-0.3, -0.25) is 4.79 Å². The number of thiophene rings is 1. The molecule has 0 saturated carbocycles. The van der Waals surface area contributed by atoms with Crippen molar-refractivity contribution in [2.24, 2.45) is 0 Å². The van der Waals surface area contributed by atoms with E-state index in [0.717, 1.165) is 24.4 Å². The van der Waals surface area contributed by atoms with Crippen molar-refractivity contribution in [3.8, 4) is 0 Å². The summed E-state index contributed by atoms with van der Waals surface area (Å²) in [6.07, 6.45) is 6.49. The normalized spacial score (nSPS) is 10.9. The lowest BCUT2D eigenvalue weighted by Gasteiger charge is -2.10. The monoisotopic (exact) mass is 331 g/mol. The first kappa shape index (κ1) is 17.6. The summed E-state index contributed by atoms with van der Waals surface area (Å²) in [5.74, 6) is 0.737. The Balaban J connectivity index is 1.81. The van der Waals surface area contributed by atoms with E-state index in [4.69, 9.17) is 0 Å². The van der Waals surface area contributed by atoms with Crippen molar-refractivity contribution in [1.29, 1.82) is 0 Å². The molecule has 0 amide bonds. The number of pyridine rings is 1. The zero-order valence-electron chi connectivity index (χ0n) is 13.9.